The fourth-order valence-electron chi connectivity index (χ4n) is 2.71. The minimum Gasteiger partial charge on any atom is -0.466 e. The van der Waals surface area contributed by atoms with Crippen molar-refractivity contribution >= 4 is 17.8 Å². The van der Waals surface area contributed by atoms with Crippen LogP contribution in [0.25, 0.3) is 0 Å². The van der Waals surface area contributed by atoms with Crippen LogP contribution in [0.4, 0.5) is 0 Å². The Labute approximate surface area is 168 Å². The number of hydrogen-bond acceptors (Lipinski definition) is 5. The summed E-state index contributed by atoms with van der Waals surface area (Å²) in [6, 6.07) is 9.58. The maximum absolute atomic E-state index is 12.2. The lowest BCUT2D eigenvalue weighted by Crippen LogP contribution is -2.31. The number of amides is 1. The van der Waals surface area contributed by atoms with Crippen LogP contribution in [0.15, 0.2) is 30.3 Å². The zero-order chi connectivity index (χ0) is 21.0. The number of hydrogen-bond donors (Lipinski definition) is 1. The number of rotatable bonds is 11. The molecule has 1 rings (SSSR count). The molecule has 0 aromatic heterocycles. The molecule has 0 heterocycles. The molecule has 1 amide bonds. The second kappa shape index (κ2) is 12.2. The summed E-state index contributed by atoms with van der Waals surface area (Å²) in [6.45, 7) is 8.00. The fraction of sp³-hybridized carbons (Fsp3) is 0.591. The van der Waals surface area contributed by atoms with Crippen molar-refractivity contribution in [2.24, 2.45) is 5.92 Å². The molecule has 1 atom stereocenters. The Morgan fingerprint density at radius 1 is 1.07 bits per heavy atom. The topological polar surface area (TPSA) is 81.7 Å². The standard InChI is InChI=1S/C22H33NO5/c1-5-27-21(26)18(15-17-11-7-6-8-12-17)16-19(24)23-14-10-9-13-20(25)28-22(2,3)4/h6-8,11-12,18H,5,9-10,13-16H2,1-4H3,(H,23,24)/t18-/m0/s1. The molecule has 0 saturated heterocycles. The van der Waals surface area contributed by atoms with Gasteiger partial charge < -0.3 is 14.8 Å². The number of carbonyl (C=O) groups is 3. The van der Waals surface area contributed by atoms with Gasteiger partial charge in [-0.25, -0.2) is 0 Å². The Kier molecular flexibility index (Phi) is 10.3. The molecule has 1 aromatic rings. The van der Waals surface area contributed by atoms with Crippen molar-refractivity contribution < 1.29 is 23.9 Å². The molecular formula is C22H33NO5. The number of benzene rings is 1. The van der Waals surface area contributed by atoms with E-state index >= 15 is 0 Å². The zero-order valence-electron chi connectivity index (χ0n) is 17.5. The quantitative estimate of drug-likeness (QED) is 0.462. The maximum Gasteiger partial charge on any atom is 0.309 e. The van der Waals surface area contributed by atoms with Crippen molar-refractivity contribution in [3.05, 3.63) is 35.9 Å². The van der Waals surface area contributed by atoms with Crippen molar-refractivity contribution in [1.82, 2.24) is 5.32 Å². The molecule has 0 aliphatic carbocycles. The van der Waals surface area contributed by atoms with Crippen molar-refractivity contribution in [1.29, 1.82) is 0 Å². The van der Waals surface area contributed by atoms with E-state index in [2.05, 4.69) is 5.32 Å². The van der Waals surface area contributed by atoms with Crippen LogP contribution in [-0.4, -0.2) is 36.6 Å². The van der Waals surface area contributed by atoms with Crippen LogP contribution in [0, 0.1) is 5.92 Å². The molecule has 0 aliphatic rings. The molecule has 0 saturated carbocycles. The second-order valence-corrected chi connectivity index (χ2v) is 7.74. The molecule has 156 valence electrons. The molecule has 6 nitrogen and oxygen atoms in total. The summed E-state index contributed by atoms with van der Waals surface area (Å²) in [7, 11) is 0. The molecule has 0 radical (unpaired) electrons. The summed E-state index contributed by atoms with van der Waals surface area (Å²) < 4.78 is 10.4. The molecule has 1 aromatic carbocycles. The molecule has 1 N–H and O–H groups in total. The van der Waals surface area contributed by atoms with Gasteiger partial charge in [-0.15, -0.1) is 0 Å². The second-order valence-electron chi connectivity index (χ2n) is 7.74. The lowest BCUT2D eigenvalue weighted by Gasteiger charge is -2.19. The van der Waals surface area contributed by atoms with Gasteiger partial charge in [0.05, 0.1) is 12.5 Å². The van der Waals surface area contributed by atoms with Crippen molar-refractivity contribution in [3.8, 4) is 0 Å². The number of nitrogens with one attached hydrogen (secondary N) is 1. The van der Waals surface area contributed by atoms with E-state index in [1.807, 2.05) is 51.1 Å². The molecule has 0 fully saturated rings. The lowest BCUT2D eigenvalue weighted by atomic mass is 9.96. The van der Waals surface area contributed by atoms with E-state index in [1.165, 1.54) is 0 Å². The molecule has 0 spiro atoms. The molecule has 6 heteroatoms. The van der Waals surface area contributed by atoms with E-state index in [4.69, 9.17) is 9.47 Å². The minimum atomic E-state index is -0.510. The SMILES string of the molecule is CCOC(=O)[C@H](CC(=O)NCCCCC(=O)OC(C)(C)C)Cc1ccccc1. The predicted molar refractivity (Wildman–Crippen MR) is 108 cm³/mol. The van der Waals surface area contributed by atoms with Crippen LogP contribution >= 0.6 is 0 Å². The first kappa shape index (κ1) is 23.7. The third kappa shape index (κ3) is 10.7. The number of esters is 2. The maximum atomic E-state index is 12.2. The van der Waals surface area contributed by atoms with Gasteiger partial charge in [0.25, 0.3) is 0 Å². The lowest BCUT2D eigenvalue weighted by molar-refractivity contribution is -0.155. The molecular weight excluding hydrogens is 358 g/mol. The first-order valence-corrected chi connectivity index (χ1v) is 9.90. The number of ether oxygens (including phenoxy) is 2. The highest BCUT2D eigenvalue weighted by Gasteiger charge is 2.23. The monoisotopic (exact) mass is 391 g/mol. The van der Waals surface area contributed by atoms with Gasteiger partial charge >= 0.3 is 11.9 Å². The Balaban J connectivity index is 2.38. The summed E-state index contributed by atoms with van der Waals surface area (Å²) >= 11 is 0. The Morgan fingerprint density at radius 3 is 2.36 bits per heavy atom. The van der Waals surface area contributed by atoms with Gasteiger partial charge in [0.1, 0.15) is 5.60 Å². The zero-order valence-corrected chi connectivity index (χ0v) is 17.5. The fourth-order valence-corrected chi connectivity index (χ4v) is 2.71. The van der Waals surface area contributed by atoms with E-state index in [-0.39, 0.29) is 30.9 Å². The van der Waals surface area contributed by atoms with Crippen LogP contribution in [0.3, 0.4) is 0 Å². The van der Waals surface area contributed by atoms with Crippen LogP contribution in [0.2, 0.25) is 0 Å². The van der Waals surface area contributed by atoms with Gasteiger partial charge in [-0.05, 0) is 52.5 Å². The third-order valence-corrected chi connectivity index (χ3v) is 3.93. The van der Waals surface area contributed by atoms with Crippen LogP contribution < -0.4 is 5.32 Å². The van der Waals surface area contributed by atoms with E-state index in [0.717, 1.165) is 5.56 Å². The smallest absolute Gasteiger partial charge is 0.309 e. The van der Waals surface area contributed by atoms with E-state index in [0.29, 0.717) is 32.2 Å². The van der Waals surface area contributed by atoms with Gasteiger partial charge in [-0.3, -0.25) is 14.4 Å². The Hall–Kier alpha value is -2.37. The third-order valence-electron chi connectivity index (χ3n) is 3.93. The normalized spacial score (nSPS) is 12.1. The summed E-state index contributed by atoms with van der Waals surface area (Å²) in [5, 5.41) is 2.82. The van der Waals surface area contributed by atoms with Gasteiger partial charge in [0.15, 0.2) is 0 Å². The van der Waals surface area contributed by atoms with Gasteiger partial charge in [0, 0.05) is 19.4 Å². The van der Waals surface area contributed by atoms with Gasteiger partial charge in [-0.1, -0.05) is 30.3 Å². The first-order chi connectivity index (χ1) is 13.2. The van der Waals surface area contributed by atoms with Crippen molar-refractivity contribution in [2.75, 3.05) is 13.2 Å². The molecule has 28 heavy (non-hydrogen) atoms. The predicted octanol–water partition coefficient (Wildman–Crippen LogP) is 3.43. The highest BCUT2D eigenvalue weighted by molar-refractivity contribution is 5.83. The average molecular weight is 392 g/mol. The minimum absolute atomic E-state index is 0.0831. The van der Waals surface area contributed by atoms with Gasteiger partial charge in [0.2, 0.25) is 5.91 Å². The largest absolute Gasteiger partial charge is 0.466 e. The van der Waals surface area contributed by atoms with Crippen LogP contribution in [0.1, 0.15) is 58.9 Å². The first-order valence-electron chi connectivity index (χ1n) is 9.90. The van der Waals surface area contributed by atoms with E-state index < -0.39 is 11.5 Å². The molecule has 0 aliphatic heterocycles. The van der Waals surface area contributed by atoms with Crippen LogP contribution in [-0.2, 0) is 30.3 Å². The van der Waals surface area contributed by atoms with Crippen LogP contribution in [0.5, 0.6) is 0 Å². The highest BCUT2D eigenvalue weighted by atomic mass is 16.6. The Morgan fingerprint density at radius 2 is 1.75 bits per heavy atom. The molecule has 0 bridgehead atoms. The summed E-state index contributed by atoms with van der Waals surface area (Å²) in [6.07, 6.45) is 2.19. The summed E-state index contributed by atoms with van der Waals surface area (Å²) in [5.41, 5.74) is 0.511. The highest BCUT2D eigenvalue weighted by Crippen LogP contribution is 2.15. The van der Waals surface area contributed by atoms with E-state index in [9.17, 15) is 14.4 Å². The summed E-state index contributed by atoms with van der Waals surface area (Å²) in [5.74, 6) is -1.29. The van der Waals surface area contributed by atoms with Crippen molar-refractivity contribution in [2.45, 2.75) is 65.4 Å². The number of carbonyl (C=O) groups excluding carboxylic acids is 3. The van der Waals surface area contributed by atoms with Crippen molar-refractivity contribution in [3.63, 3.8) is 0 Å². The average Bonchev–Trinajstić information content (AvgIpc) is 2.60. The Bertz CT molecular complexity index is 622. The summed E-state index contributed by atoms with van der Waals surface area (Å²) in [4.78, 5) is 36.1. The number of unbranched alkanes of at least 4 members (excludes halogenated alkanes) is 1. The molecule has 0 unspecified atom stereocenters. The van der Waals surface area contributed by atoms with Gasteiger partial charge in [-0.2, -0.15) is 0 Å². The van der Waals surface area contributed by atoms with E-state index in [1.54, 1.807) is 6.92 Å².